The Balaban J connectivity index is 2.64. The summed E-state index contributed by atoms with van der Waals surface area (Å²) in [6.07, 6.45) is 7.12. The third-order valence-corrected chi connectivity index (χ3v) is 3.42. The first-order valence-corrected chi connectivity index (χ1v) is 6.45. The second kappa shape index (κ2) is 5.70. The standard InChI is InChI=1S/C10H17N3OS/c1-4-5-11-10-12-6-7-13(10)8-9(2)15(3)14/h4,6-7,9H,1,5,8H2,2-3H3,(H,11,12). The first kappa shape index (κ1) is 12.0. The number of anilines is 1. The van der Waals surface area contributed by atoms with Crippen LogP contribution in [0, 0.1) is 0 Å². The molecule has 4 nitrogen and oxygen atoms in total. The number of nitrogens with one attached hydrogen (secondary N) is 1. The zero-order chi connectivity index (χ0) is 11.3. The summed E-state index contributed by atoms with van der Waals surface area (Å²) in [5, 5.41) is 3.25. The normalized spacial score (nSPS) is 14.5. The maximum absolute atomic E-state index is 11.2. The average Bonchev–Trinajstić information content (AvgIpc) is 2.62. The highest BCUT2D eigenvalue weighted by molar-refractivity contribution is 7.84. The second-order valence-corrected chi connectivity index (χ2v) is 5.18. The van der Waals surface area contributed by atoms with Crippen LogP contribution in [0.4, 0.5) is 5.95 Å². The highest BCUT2D eigenvalue weighted by atomic mass is 32.2. The topological polar surface area (TPSA) is 46.9 Å². The van der Waals surface area contributed by atoms with Crippen LogP contribution in [-0.4, -0.2) is 31.8 Å². The Morgan fingerprint density at radius 1 is 1.80 bits per heavy atom. The summed E-state index contributed by atoms with van der Waals surface area (Å²) in [7, 11) is -0.805. The van der Waals surface area contributed by atoms with Crippen LogP contribution in [0.1, 0.15) is 6.92 Å². The fourth-order valence-corrected chi connectivity index (χ4v) is 1.54. The van der Waals surface area contributed by atoms with Gasteiger partial charge < -0.3 is 9.88 Å². The van der Waals surface area contributed by atoms with Crippen molar-refractivity contribution in [2.75, 3.05) is 18.1 Å². The van der Waals surface area contributed by atoms with E-state index in [0.29, 0.717) is 13.1 Å². The third kappa shape index (κ3) is 3.51. The number of aromatic nitrogens is 2. The van der Waals surface area contributed by atoms with Crippen LogP contribution in [0.15, 0.2) is 25.0 Å². The SMILES string of the molecule is C=CCNc1nccn1CC(C)S(C)=O. The summed E-state index contributed by atoms with van der Waals surface area (Å²) in [5.41, 5.74) is 0. The van der Waals surface area contributed by atoms with Gasteiger partial charge in [-0.1, -0.05) is 6.08 Å². The van der Waals surface area contributed by atoms with Gasteiger partial charge in [0.05, 0.1) is 0 Å². The lowest BCUT2D eigenvalue weighted by molar-refractivity contribution is 0.645. The molecule has 1 rings (SSSR count). The van der Waals surface area contributed by atoms with Crippen LogP contribution in [0.2, 0.25) is 0 Å². The van der Waals surface area contributed by atoms with Gasteiger partial charge in [0.2, 0.25) is 5.95 Å². The van der Waals surface area contributed by atoms with Gasteiger partial charge >= 0.3 is 0 Å². The minimum absolute atomic E-state index is 0.128. The van der Waals surface area contributed by atoms with Gasteiger partial charge in [-0.25, -0.2) is 4.98 Å². The molecule has 1 N–H and O–H groups in total. The molecule has 84 valence electrons. The van der Waals surface area contributed by atoms with E-state index in [1.807, 2.05) is 17.7 Å². The zero-order valence-corrected chi connectivity index (χ0v) is 9.96. The first-order valence-electron chi connectivity index (χ1n) is 4.83. The quantitative estimate of drug-likeness (QED) is 0.744. The predicted molar refractivity (Wildman–Crippen MR) is 64.4 cm³/mol. The van der Waals surface area contributed by atoms with E-state index in [-0.39, 0.29) is 5.25 Å². The lowest BCUT2D eigenvalue weighted by Gasteiger charge is -2.12. The lowest BCUT2D eigenvalue weighted by Crippen LogP contribution is -2.18. The highest BCUT2D eigenvalue weighted by Gasteiger charge is 2.09. The fraction of sp³-hybridized carbons (Fsp3) is 0.500. The van der Waals surface area contributed by atoms with Gasteiger partial charge in [0.15, 0.2) is 0 Å². The molecule has 0 spiro atoms. The number of rotatable bonds is 6. The second-order valence-electron chi connectivity index (χ2n) is 3.38. The van der Waals surface area contributed by atoms with Crippen LogP contribution in [0.5, 0.6) is 0 Å². The van der Waals surface area contributed by atoms with E-state index in [9.17, 15) is 4.21 Å². The van der Waals surface area contributed by atoms with Crippen molar-refractivity contribution >= 4 is 16.7 Å². The molecular formula is C10H17N3OS. The minimum atomic E-state index is -0.805. The molecule has 0 saturated heterocycles. The Hall–Kier alpha value is -1.10. The van der Waals surface area contributed by atoms with Crippen molar-refractivity contribution in [3.8, 4) is 0 Å². The summed E-state index contributed by atoms with van der Waals surface area (Å²) in [5.74, 6) is 0.798. The lowest BCUT2D eigenvalue weighted by atomic mass is 10.4. The Morgan fingerprint density at radius 2 is 2.53 bits per heavy atom. The van der Waals surface area contributed by atoms with E-state index < -0.39 is 10.8 Å². The van der Waals surface area contributed by atoms with Gasteiger partial charge in [0.1, 0.15) is 0 Å². The molecular weight excluding hydrogens is 210 g/mol. The summed E-state index contributed by atoms with van der Waals surface area (Å²) < 4.78 is 13.2. The van der Waals surface area contributed by atoms with E-state index in [2.05, 4.69) is 16.9 Å². The van der Waals surface area contributed by atoms with Crippen molar-refractivity contribution in [2.24, 2.45) is 0 Å². The van der Waals surface area contributed by atoms with Gasteiger partial charge in [-0.05, 0) is 6.92 Å². The molecule has 1 aromatic heterocycles. The van der Waals surface area contributed by atoms with Crippen molar-refractivity contribution in [3.63, 3.8) is 0 Å². The van der Waals surface area contributed by atoms with E-state index in [0.717, 1.165) is 5.95 Å². The molecule has 2 unspecified atom stereocenters. The van der Waals surface area contributed by atoms with Gasteiger partial charge in [-0.15, -0.1) is 6.58 Å². The Labute approximate surface area is 92.9 Å². The molecule has 0 aliphatic rings. The van der Waals surface area contributed by atoms with Crippen molar-refractivity contribution < 1.29 is 4.21 Å². The number of hydrogen-bond donors (Lipinski definition) is 1. The van der Waals surface area contributed by atoms with Crippen LogP contribution >= 0.6 is 0 Å². The average molecular weight is 227 g/mol. The molecule has 0 aliphatic carbocycles. The summed E-state index contributed by atoms with van der Waals surface area (Å²) in [6, 6.07) is 0. The molecule has 15 heavy (non-hydrogen) atoms. The van der Waals surface area contributed by atoms with Crippen molar-refractivity contribution in [1.82, 2.24) is 9.55 Å². The molecule has 0 aliphatic heterocycles. The monoisotopic (exact) mass is 227 g/mol. The Morgan fingerprint density at radius 3 is 3.13 bits per heavy atom. The van der Waals surface area contributed by atoms with E-state index in [4.69, 9.17) is 0 Å². The molecule has 0 fully saturated rings. The predicted octanol–water partition coefficient (Wildman–Crippen LogP) is 1.25. The first-order chi connectivity index (χ1) is 7.15. The summed E-state index contributed by atoms with van der Waals surface area (Å²) in [4.78, 5) is 4.17. The molecule has 2 atom stereocenters. The number of hydrogen-bond acceptors (Lipinski definition) is 3. The van der Waals surface area contributed by atoms with Gasteiger partial charge in [0, 0.05) is 47.8 Å². The van der Waals surface area contributed by atoms with Gasteiger partial charge in [0.25, 0.3) is 0 Å². The smallest absolute Gasteiger partial charge is 0.203 e. The van der Waals surface area contributed by atoms with Crippen LogP contribution in [0.3, 0.4) is 0 Å². The van der Waals surface area contributed by atoms with Gasteiger partial charge in [-0.3, -0.25) is 4.21 Å². The van der Waals surface area contributed by atoms with E-state index in [1.54, 1.807) is 18.5 Å². The Kier molecular flexibility index (Phi) is 4.55. The maximum Gasteiger partial charge on any atom is 0.203 e. The van der Waals surface area contributed by atoms with Gasteiger partial charge in [-0.2, -0.15) is 0 Å². The summed E-state index contributed by atoms with van der Waals surface area (Å²) >= 11 is 0. The molecule has 1 heterocycles. The van der Waals surface area contributed by atoms with Crippen LogP contribution in [-0.2, 0) is 17.3 Å². The highest BCUT2D eigenvalue weighted by Crippen LogP contribution is 2.07. The largest absolute Gasteiger partial charge is 0.352 e. The molecule has 0 amide bonds. The van der Waals surface area contributed by atoms with Crippen LogP contribution in [0.25, 0.3) is 0 Å². The Bertz CT molecular complexity index is 348. The molecule has 0 saturated carbocycles. The van der Waals surface area contributed by atoms with Crippen LogP contribution < -0.4 is 5.32 Å². The molecule has 0 aromatic carbocycles. The maximum atomic E-state index is 11.2. The molecule has 5 heteroatoms. The third-order valence-electron chi connectivity index (χ3n) is 2.14. The zero-order valence-electron chi connectivity index (χ0n) is 9.14. The number of nitrogens with zero attached hydrogens (tertiary/aromatic N) is 2. The molecule has 0 radical (unpaired) electrons. The molecule has 1 aromatic rings. The van der Waals surface area contributed by atoms with Crippen molar-refractivity contribution in [3.05, 3.63) is 25.0 Å². The minimum Gasteiger partial charge on any atom is -0.352 e. The van der Waals surface area contributed by atoms with Crippen molar-refractivity contribution in [1.29, 1.82) is 0 Å². The van der Waals surface area contributed by atoms with Crippen molar-refractivity contribution in [2.45, 2.75) is 18.7 Å². The van der Waals surface area contributed by atoms with E-state index in [1.165, 1.54) is 0 Å². The molecule has 0 bridgehead atoms. The fourth-order valence-electron chi connectivity index (χ4n) is 1.17. The summed E-state index contributed by atoms with van der Waals surface area (Å²) in [6.45, 7) is 6.99. The number of imidazole rings is 1. The van der Waals surface area contributed by atoms with E-state index >= 15 is 0 Å².